The van der Waals surface area contributed by atoms with Gasteiger partial charge in [0.25, 0.3) is 0 Å². The van der Waals surface area contributed by atoms with Crippen LogP contribution >= 0.6 is 0 Å². The first-order valence-corrected chi connectivity index (χ1v) is 4.17. The molecule has 1 atom stereocenters. The van der Waals surface area contributed by atoms with Gasteiger partial charge in [-0.3, -0.25) is 0 Å². The van der Waals surface area contributed by atoms with Crippen LogP contribution in [0.4, 0.5) is 4.79 Å². The van der Waals surface area contributed by atoms with Crippen LogP contribution in [0.15, 0.2) is 0 Å². The Balaban J connectivity index is 3.80. The number of aliphatic carboxylic acids is 1. The molecule has 0 aromatic carbocycles. The zero-order valence-corrected chi connectivity index (χ0v) is 8.44. The lowest BCUT2D eigenvalue weighted by Crippen LogP contribution is -2.38. The van der Waals surface area contributed by atoms with E-state index in [0.29, 0.717) is 0 Å². The van der Waals surface area contributed by atoms with Gasteiger partial charge in [-0.25, -0.2) is 9.59 Å². The number of amides is 1. The van der Waals surface area contributed by atoms with Crippen LogP contribution in [0.25, 0.3) is 0 Å². The first-order chi connectivity index (χ1) is 6.47. The molecule has 0 aliphatic heterocycles. The third-order valence-electron chi connectivity index (χ3n) is 1.33. The minimum absolute atomic E-state index is 0.114. The van der Waals surface area contributed by atoms with Gasteiger partial charge in [0.15, 0.2) is 6.10 Å². The lowest BCUT2D eigenvalue weighted by Gasteiger charge is -2.12. The van der Waals surface area contributed by atoms with Gasteiger partial charge in [0, 0.05) is 7.11 Å². The van der Waals surface area contributed by atoms with E-state index in [4.69, 9.17) is 9.84 Å². The molecular formula is C8H15NO5. The monoisotopic (exact) mass is 205 g/mol. The Kier molecular flexibility index (Phi) is 5.62. The molecule has 0 bridgehead atoms. The van der Waals surface area contributed by atoms with Gasteiger partial charge in [-0.15, -0.1) is 0 Å². The topological polar surface area (TPSA) is 84.9 Å². The maximum absolute atomic E-state index is 10.9. The Morgan fingerprint density at radius 1 is 1.43 bits per heavy atom. The molecule has 0 aliphatic carbocycles. The average molecular weight is 205 g/mol. The third kappa shape index (κ3) is 5.36. The molecule has 0 heterocycles. The Hall–Kier alpha value is -1.30. The van der Waals surface area contributed by atoms with E-state index in [0.717, 1.165) is 0 Å². The summed E-state index contributed by atoms with van der Waals surface area (Å²) in [6, 6.07) is 0. The summed E-state index contributed by atoms with van der Waals surface area (Å²) < 4.78 is 9.32. The van der Waals surface area contributed by atoms with E-state index in [1.165, 1.54) is 7.11 Å². The molecule has 1 amide bonds. The van der Waals surface area contributed by atoms with Crippen LogP contribution in [0.2, 0.25) is 0 Å². The summed E-state index contributed by atoms with van der Waals surface area (Å²) in [5.41, 5.74) is 0. The third-order valence-corrected chi connectivity index (χ3v) is 1.33. The summed E-state index contributed by atoms with van der Waals surface area (Å²) in [7, 11) is 1.26. The van der Waals surface area contributed by atoms with E-state index < -0.39 is 18.2 Å². The smallest absolute Gasteiger partial charge is 0.407 e. The molecule has 6 heteroatoms. The van der Waals surface area contributed by atoms with Crippen LogP contribution in [-0.4, -0.2) is 43.0 Å². The molecule has 1 unspecified atom stereocenters. The number of hydrogen-bond acceptors (Lipinski definition) is 4. The van der Waals surface area contributed by atoms with Crippen molar-refractivity contribution in [1.82, 2.24) is 5.32 Å². The highest BCUT2D eigenvalue weighted by atomic mass is 16.6. The molecule has 0 aromatic rings. The number of alkyl carbamates (subject to hydrolysis) is 1. The molecule has 2 N–H and O–H groups in total. The summed E-state index contributed by atoms with van der Waals surface area (Å²) in [4.78, 5) is 21.4. The van der Waals surface area contributed by atoms with E-state index in [1.807, 2.05) is 0 Å². The van der Waals surface area contributed by atoms with Crippen molar-refractivity contribution in [2.24, 2.45) is 0 Å². The van der Waals surface area contributed by atoms with Crippen molar-refractivity contribution in [2.75, 3.05) is 13.7 Å². The van der Waals surface area contributed by atoms with Gasteiger partial charge in [0.1, 0.15) is 0 Å². The highest BCUT2D eigenvalue weighted by Gasteiger charge is 2.17. The molecule has 82 valence electrons. The predicted molar refractivity (Wildman–Crippen MR) is 48.1 cm³/mol. The maximum Gasteiger partial charge on any atom is 0.407 e. The molecule has 0 fully saturated rings. The second-order valence-corrected chi connectivity index (χ2v) is 2.90. The van der Waals surface area contributed by atoms with Crippen molar-refractivity contribution in [1.29, 1.82) is 0 Å². The highest BCUT2D eigenvalue weighted by molar-refractivity contribution is 5.74. The van der Waals surface area contributed by atoms with E-state index in [9.17, 15) is 9.59 Å². The molecule has 0 spiro atoms. The van der Waals surface area contributed by atoms with E-state index in [1.54, 1.807) is 13.8 Å². The van der Waals surface area contributed by atoms with Crippen molar-refractivity contribution < 1.29 is 24.2 Å². The number of ether oxygens (including phenoxy) is 2. The Morgan fingerprint density at radius 3 is 2.36 bits per heavy atom. The number of carbonyl (C=O) groups excluding carboxylic acids is 1. The van der Waals surface area contributed by atoms with Gasteiger partial charge in [0.2, 0.25) is 0 Å². The number of rotatable bonds is 5. The van der Waals surface area contributed by atoms with Crippen LogP contribution < -0.4 is 5.32 Å². The van der Waals surface area contributed by atoms with Crippen molar-refractivity contribution >= 4 is 12.1 Å². The SMILES string of the molecule is COC(CNC(=O)OC(C)C)C(=O)O. The van der Waals surface area contributed by atoms with E-state index >= 15 is 0 Å². The summed E-state index contributed by atoms with van der Waals surface area (Å²) in [5, 5.41) is 10.8. The maximum atomic E-state index is 10.9. The second kappa shape index (κ2) is 6.20. The van der Waals surface area contributed by atoms with Crippen molar-refractivity contribution in [3.05, 3.63) is 0 Å². The number of methoxy groups -OCH3 is 1. The minimum atomic E-state index is -1.13. The quantitative estimate of drug-likeness (QED) is 0.670. The average Bonchev–Trinajstić information content (AvgIpc) is 2.03. The van der Waals surface area contributed by atoms with Crippen molar-refractivity contribution in [3.63, 3.8) is 0 Å². The van der Waals surface area contributed by atoms with Crippen LogP contribution in [0.3, 0.4) is 0 Å². The Labute approximate surface area is 82.2 Å². The molecule has 0 aromatic heterocycles. The number of hydrogen-bond donors (Lipinski definition) is 2. The number of carboxylic acid groups (broad SMARTS) is 1. The van der Waals surface area contributed by atoms with Crippen LogP contribution in [0.1, 0.15) is 13.8 Å². The molecule has 0 aliphatic rings. The van der Waals surface area contributed by atoms with Gasteiger partial charge in [-0.1, -0.05) is 0 Å². The van der Waals surface area contributed by atoms with Gasteiger partial charge < -0.3 is 19.9 Å². The molecular weight excluding hydrogens is 190 g/mol. The first-order valence-electron chi connectivity index (χ1n) is 4.17. The number of nitrogens with one attached hydrogen (secondary N) is 1. The molecule has 0 saturated carbocycles. The van der Waals surface area contributed by atoms with Crippen LogP contribution in [0, 0.1) is 0 Å². The Bertz CT molecular complexity index is 204. The zero-order chi connectivity index (χ0) is 11.1. The van der Waals surface area contributed by atoms with Gasteiger partial charge in [-0.05, 0) is 13.8 Å². The summed E-state index contributed by atoms with van der Waals surface area (Å²) >= 11 is 0. The predicted octanol–water partition coefficient (Wildman–Crippen LogP) is 0.221. The first kappa shape index (κ1) is 12.7. The van der Waals surface area contributed by atoms with Crippen LogP contribution in [-0.2, 0) is 14.3 Å². The van der Waals surface area contributed by atoms with Crippen molar-refractivity contribution in [2.45, 2.75) is 26.1 Å². The normalized spacial score (nSPS) is 12.3. The molecule has 0 rings (SSSR count). The number of carbonyl (C=O) groups is 2. The lowest BCUT2D eigenvalue weighted by molar-refractivity contribution is -0.148. The molecule has 0 radical (unpaired) electrons. The molecule has 14 heavy (non-hydrogen) atoms. The summed E-state index contributed by atoms with van der Waals surface area (Å²) in [5.74, 6) is -1.13. The summed E-state index contributed by atoms with van der Waals surface area (Å²) in [6.45, 7) is 3.28. The van der Waals surface area contributed by atoms with E-state index in [-0.39, 0.29) is 12.6 Å². The fourth-order valence-electron chi connectivity index (χ4n) is 0.703. The lowest BCUT2D eigenvalue weighted by atomic mass is 10.3. The fraction of sp³-hybridized carbons (Fsp3) is 0.750. The molecule has 0 saturated heterocycles. The van der Waals surface area contributed by atoms with Crippen molar-refractivity contribution in [3.8, 4) is 0 Å². The zero-order valence-electron chi connectivity index (χ0n) is 8.44. The van der Waals surface area contributed by atoms with Crippen LogP contribution in [0.5, 0.6) is 0 Å². The largest absolute Gasteiger partial charge is 0.479 e. The molecule has 6 nitrogen and oxygen atoms in total. The minimum Gasteiger partial charge on any atom is -0.479 e. The number of carboxylic acids is 1. The fourth-order valence-corrected chi connectivity index (χ4v) is 0.703. The van der Waals surface area contributed by atoms with Gasteiger partial charge >= 0.3 is 12.1 Å². The highest BCUT2D eigenvalue weighted by Crippen LogP contribution is 1.91. The Morgan fingerprint density at radius 2 is 2.00 bits per heavy atom. The van der Waals surface area contributed by atoms with E-state index in [2.05, 4.69) is 10.1 Å². The van der Waals surface area contributed by atoms with Gasteiger partial charge in [0.05, 0.1) is 12.6 Å². The standard InChI is InChI=1S/C8H15NO5/c1-5(2)14-8(12)9-4-6(13-3)7(10)11/h5-6H,4H2,1-3H3,(H,9,12)(H,10,11). The summed E-state index contributed by atoms with van der Waals surface area (Å²) in [6.07, 6.45) is -1.93. The van der Waals surface area contributed by atoms with Gasteiger partial charge in [-0.2, -0.15) is 0 Å². The second-order valence-electron chi connectivity index (χ2n) is 2.90.